The SMILES string of the molecule is CN(C)c1ccccc1[PH+](C1CCCCC1)C1CCCCC1.N#Cc1cc[c-]cc1OS(=O)(=O)F.[Au]. The van der Waals surface area contributed by atoms with Gasteiger partial charge in [0.1, 0.15) is 5.30 Å². The minimum Gasteiger partial charge on any atom is -0.421 e. The van der Waals surface area contributed by atoms with Crippen molar-refractivity contribution in [1.29, 1.82) is 5.26 Å². The van der Waals surface area contributed by atoms with Crippen LogP contribution in [0, 0.1) is 17.4 Å². The van der Waals surface area contributed by atoms with Crippen LogP contribution in [0.25, 0.3) is 0 Å². The Morgan fingerprint density at radius 1 is 1.00 bits per heavy atom. The first kappa shape index (κ1) is 30.8. The Morgan fingerprint density at radius 3 is 2.06 bits per heavy atom. The molecular formula is C27H36AuFN2O3PS. The molecule has 0 aliphatic heterocycles. The van der Waals surface area contributed by atoms with Gasteiger partial charge >= 0.3 is 10.5 Å². The summed E-state index contributed by atoms with van der Waals surface area (Å²) in [5, 5.41) is 10.2. The Kier molecular flexibility index (Phi) is 12.9. The zero-order valence-corrected chi connectivity index (χ0v) is 25.0. The third-order valence-electron chi connectivity index (χ3n) is 6.92. The van der Waals surface area contributed by atoms with Crippen LogP contribution in [0.15, 0.2) is 42.5 Å². The van der Waals surface area contributed by atoms with Crippen molar-refractivity contribution in [2.24, 2.45) is 0 Å². The molecule has 2 aliphatic carbocycles. The van der Waals surface area contributed by atoms with E-state index in [2.05, 4.69) is 53.5 Å². The van der Waals surface area contributed by atoms with E-state index in [4.69, 9.17) is 5.26 Å². The van der Waals surface area contributed by atoms with Crippen LogP contribution in [0.1, 0.15) is 69.8 Å². The van der Waals surface area contributed by atoms with Gasteiger partial charge in [0, 0.05) is 50.1 Å². The van der Waals surface area contributed by atoms with Crippen molar-refractivity contribution < 1.29 is 38.9 Å². The largest absolute Gasteiger partial charge is 0.476 e. The van der Waals surface area contributed by atoms with Gasteiger partial charge in [0.2, 0.25) is 0 Å². The fourth-order valence-electron chi connectivity index (χ4n) is 5.39. The van der Waals surface area contributed by atoms with Crippen molar-refractivity contribution in [3.05, 3.63) is 54.1 Å². The summed E-state index contributed by atoms with van der Waals surface area (Å²) in [5.74, 6) is -0.368. The second-order valence-electron chi connectivity index (χ2n) is 9.55. The molecule has 0 saturated heterocycles. The molecule has 2 fully saturated rings. The number of hydrogen-bond donors (Lipinski definition) is 0. The van der Waals surface area contributed by atoms with Gasteiger partial charge in [-0.1, -0.05) is 28.9 Å². The summed E-state index contributed by atoms with van der Waals surface area (Å²) in [4.78, 5) is 2.35. The average molecular weight is 716 g/mol. The molecule has 2 aliphatic rings. The van der Waals surface area contributed by atoms with Crippen molar-refractivity contribution in [3.8, 4) is 11.8 Å². The van der Waals surface area contributed by atoms with Gasteiger partial charge in [-0.25, -0.2) is 0 Å². The third-order valence-corrected chi connectivity index (χ3v) is 11.3. The topological polar surface area (TPSA) is 70.4 Å². The minimum atomic E-state index is -5.08. The standard InChI is InChI=1S/C20H32NP.C7H3FNO3S.Au/c1-21(2)19-15-9-10-16-20(19)22(17-11-5-3-6-12-17)18-13-7-4-8-14-18;8-13(10,11)12-7-4-2-1-3-6(7)5-9;/h9-10,15-18H,3-8,11-14H2,1-2H3;1,3-4H;/q;-1;/p+1. The molecule has 2 saturated carbocycles. The van der Waals surface area contributed by atoms with Gasteiger partial charge in [-0.3, -0.25) is 0 Å². The molecule has 0 unspecified atom stereocenters. The number of hydrogen-bond acceptors (Lipinski definition) is 5. The Hall–Kier alpha value is -1.42. The molecular weight excluding hydrogens is 679 g/mol. The molecule has 2 aromatic carbocycles. The molecule has 0 atom stereocenters. The van der Waals surface area contributed by atoms with Crippen LogP contribution >= 0.6 is 7.92 Å². The van der Waals surface area contributed by atoms with E-state index in [1.54, 1.807) is 11.4 Å². The monoisotopic (exact) mass is 715 g/mol. The number of nitrogens with zero attached hydrogens (tertiary/aromatic N) is 2. The average Bonchev–Trinajstić information content (AvgIpc) is 2.86. The molecule has 9 heteroatoms. The van der Waals surface area contributed by atoms with E-state index < -0.39 is 18.4 Å². The first-order valence-electron chi connectivity index (χ1n) is 12.5. The number of para-hydroxylation sites is 1. The number of benzene rings is 2. The fourth-order valence-corrected chi connectivity index (χ4v) is 10.2. The Bertz CT molecular complexity index is 1080. The predicted molar refractivity (Wildman–Crippen MR) is 143 cm³/mol. The van der Waals surface area contributed by atoms with Crippen molar-refractivity contribution in [2.45, 2.75) is 75.5 Å². The van der Waals surface area contributed by atoms with Gasteiger partial charge in [0.25, 0.3) is 0 Å². The van der Waals surface area contributed by atoms with Gasteiger partial charge in [0.05, 0.1) is 23.1 Å². The van der Waals surface area contributed by atoms with E-state index in [0.29, 0.717) is 0 Å². The summed E-state index contributed by atoms with van der Waals surface area (Å²) in [5.41, 5.74) is 3.50. The maximum atomic E-state index is 12.0. The van der Waals surface area contributed by atoms with Gasteiger partial charge in [-0.2, -0.15) is 25.8 Å². The number of nitriles is 1. The predicted octanol–water partition coefficient (Wildman–Crippen LogP) is 6.21. The van der Waals surface area contributed by atoms with Crippen molar-refractivity contribution >= 4 is 29.4 Å². The summed E-state index contributed by atoms with van der Waals surface area (Å²) < 4.78 is 36.0. The molecule has 0 N–H and O–H groups in total. The molecule has 0 bridgehead atoms. The Morgan fingerprint density at radius 2 is 1.56 bits per heavy atom. The minimum absolute atomic E-state index is 0. The van der Waals surface area contributed by atoms with Crippen LogP contribution in [0.2, 0.25) is 0 Å². The fraction of sp³-hybridized carbons (Fsp3) is 0.519. The van der Waals surface area contributed by atoms with Crippen molar-refractivity contribution in [3.63, 3.8) is 0 Å². The third kappa shape index (κ3) is 9.15. The molecule has 5 nitrogen and oxygen atoms in total. The molecule has 0 aromatic heterocycles. The van der Waals surface area contributed by atoms with Crippen LogP contribution in [0.4, 0.5) is 9.57 Å². The van der Waals surface area contributed by atoms with Gasteiger partial charge in [0.15, 0.2) is 0 Å². The molecule has 201 valence electrons. The summed E-state index contributed by atoms with van der Waals surface area (Å²) in [6, 6.07) is 17.2. The summed E-state index contributed by atoms with van der Waals surface area (Å²) in [6.07, 6.45) is 14.9. The number of halogens is 1. The van der Waals surface area contributed by atoms with E-state index in [0.717, 1.165) is 17.4 Å². The normalized spacial score (nSPS) is 16.8. The zero-order valence-electron chi connectivity index (χ0n) is 21.0. The Labute approximate surface area is 233 Å². The van der Waals surface area contributed by atoms with Gasteiger partial charge < -0.3 is 9.08 Å². The van der Waals surface area contributed by atoms with Crippen molar-refractivity contribution in [2.75, 3.05) is 19.0 Å². The maximum Gasteiger partial charge on any atom is 0.476 e. The van der Waals surface area contributed by atoms with Crippen LogP contribution < -0.4 is 14.4 Å². The van der Waals surface area contributed by atoms with E-state index >= 15 is 0 Å². The van der Waals surface area contributed by atoms with Crippen LogP contribution in [0.3, 0.4) is 0 Å². The van der Waals surface area contributed by atoms with Crippen molar-refractivity contribution in [1.82, 2.24) is 0 Å². The molecule has 0 heterocycles. The first-order chi connectivity index (χ1) is 16.8. The smallest absolute Gasteiger partial charge is 0.421 e. The van der Waals surface area contributed by atoms with E-state index in [1.807, 2.05) is 0 Å². The summed E-state index contributed by atoms with van der Waals surface area (Å²) in [6.45, 7) is 0. The molecule has 4 rings (SSSR count). The Balaban J connectivity index is 0.000000281. The summed E-state index contributed by atoms with van der Waals surface area (Å²) in [7, 11) is -1.08. The number of anilines is 1. The van der Waals surface area contributed by atoms with Crippen LogP contribution in [0.5, 0.6) is 5.75 Å². The molecule has 2 aromatic rings. The first-order valence-corrected chi connectivity index (χ1v) is 15.4. The maximum absolute atomic E-state index is 12.0. The summed E-state index contributed by atoms with van der Waals surface area (Å²) >= 11 is 0. The molecule has 36 heavy (non-hydrogen) atoms. The van der Waals surface area contributed by atoms with Gasteiger partial charge in [-0.05, 0) is 69.1 Å². The second-order valence-corrected chi connectivity index (χ2v) is 13.6. The molecule has 0 spiro atoms. The number of rotatable bonds is 6. The molecule has 0 amide bonds. The quantitative estimate of drug-likeness (QED) is 0.154. The second kappa shape index (κ2) is 15.1. The van der Waals surface area contributed by atoms with Crippen LogP contribution in [-0.2, 0) is 32.9 Å². The van der Waals surface area contributed by atoms with Crippen LogP contribution in [-0.4, -0.2) is 33.8 Å². The van der Waals surface area contributed by atoms with E-state index in [1.165, 1.54) is 82.0 Å². The van der Waals surface area contributed by atoms with E-state index in [-0.39, 0.29) is 33.7 Å². The zero-order chi connectivity index (χ0) is 25.3. The van der Waals surface area contributed by atoms with Gasteiger partial charge in [-0.15, -0.1) is 12.1 Å². The van der Waals surface area contributed by atoms with E-state index in [9.17, 15) is 12.3 Å². The molecule has 1 radical (unpaired) electrons.